The molecule has 0 amide bonds. The van der Waals surface area contributed by atoms with E-state index in [4.69, 9.17) is 4.74 Å². The molecule has 0 aliphatic rings. The van der Waals surface area contributed by atoms with Crippen LogP contribution < -0.4 is 4.74 Å². The monoisotopic (exact) mass is 204 g/mol. The van der Waals surface area contributed by atoms with Gasteiger partial charge in [0.15, 0.2) is 5.78 Å². The number of Topliss-reactive ketones (excluding diaryl/α,β-unsaturated/α-hetero) is 1. The van der Waals surface area contributed by atoms with Crippen LogP contribution in [0.5, 0.6) is 5.88 Å². The quantitative estimate of drug-likeness (QED) is 0.550. The molecule has 0 unspecified atom stereocenters. The van der Waals surface area contributed by atoms with Gasteiger partial charge in [-0.3, -0.25) is 4.79 Å². The summed E-state index contributed by atoms with van der Waals surface area (Å²) in [4.78, 5) is 19.3. The summed E-state index contributed by atoms with van der Waals surface area (Å²) in [6, 6.07) is 1.53. The van der Waals surface area contributed by atoms with Crippen LogP contribution in [0.25, 0.3) is 0 Å². The second kappa shape index (κ2) is 5.76. The van der Waals surface area contributed by atoms with Crippen molar-refractivity contribution in [1.82, 2.24) is 9.97 Å². The maximum absolute atomic E-state index is 11.6. The lowest BCUT2D eigenvalue weighted by Crippen LogP contribution is -2.03. The van der Waals surface area contributed by atoms with Gasteiger partial charge in [0.2, 0.25) is 5.88 Å². The first kappa shape index (κ1) is 11.2. The molecule has 0 spiro atoms. The van der Waals surface area contributed by atoms with Crippen molar-refractivity contribution in [2.45, 2.75) is 19.8 Å². The minimum atomic E-state index is -0.0431. The number of nitrogens with zero attached hydrogens (tertiary/aromatic N) is 2. The highest BCUT2D eigenvalue weighted by Crippen LogP contribution is 2.08. The van der Waals surface area contributed by atoms with E-state index in [-0.39, 0.29) is 5.78 Å². The van der Waals surface area contributed by atoms with Crippen LogP contribution in [0.3, 0.4) is 0 Å². The number of hydrogen-bond donors (Lipinski definition) is 0. The van der Waals surface area contributed by atoms with E-state index in [1.165, 1.54) is 19.5 Å². The minimum Gasteiger partial charge on any atom is -0.481 e. The van der Waals surface area contributed by atoms with Crippen molar-refractivity contribution < 1.29 is 9.53 Å². The Labute approximate surface area is 88.7 Å². The van der Waals surface area contributed by atoms with Gasteiger partial charge in [-0.05, 0) is 6.92 Å². The molecule has 0 saturated heterocycles. The van der Waals surface area contributed by atoms with E-state index in [1.54, 1.807) is 6.92 Å². The Morgan fingerprint density at radius 1 is 1.53 bits per heavy atom. The van der Waals surface area contributed by atoms with Gasteiger partial charge in [-0.1, -0.05) is 0 Å². The Bertz CT molecular complexity index is 405. The summed E-state index contributed by atoms with van der Waals surface area (Å²) >= 11 is 0. The number of carbonyl (C=O) groups is 1. The highest BCUT2D eigenvalue weighted by atomic mass is 16.5. The van der Waals surface area contributed by atoms with Crippen molar-refractivity contribution in [1.29, 1.82) is 0 Å². The number of carbonyl (C=O) groups excluding carboxylic acids is 1. The highest BCUT2D eigenvalue weighted by molar-refractivity contribution is 5.94. The molecule has 78 valence electrons. The van der Waals surface area contributed by atoms with Crippen LogP contribution in [-0.2, 0) is 0 Å². The van der Waals surface area contributed by atoms with Gasteiger partial charge in [0.25, 0.3) is 0 Å². The molecule has 0 fully saturated rings. The molecular formula is C11H12N2O2. The van der Waals surface area contributed by atoms with Gasteiger partial charge in [-0.25, -0.2) is 9.97 Å². The average Bonchev–Trinajstić information content (AvgIpc) is 2.29. The van der Waals surface area contributed by atoms with E-state index in [2.05, 4.69) is 21.8 Å². The summed E-state index contributed by atoms with van der Waals surface area (Å²) in [6.45, 7) is 1.75. The smallest absolute Gasteiger partial charge is 0.216 e. The van der Waals surface area contributed by atoms with Crippen LogP contribution in [0, 0.1) is 11.8 Å². The van der Waals surface area contributed by atoms with Crippen molar-refractivity contribution >= 4 is 5.78 Å². The summed E-state index contributed by atoms with van der Waals surface area (Å²) in [5.41, 5.74) is 0.375. The zero-order valence-corrected chi connectivity index (χ0v) is 8.78. The maximum atomic E-state index is 11.6. The lowest BCUT2D eigenvalue weighted by molar-refractivity contribution is 0.0979. The number of hydrogen-bond acceptors (Lipinski definition) is 4. The van der Waals surface area contributed by atoms with Gasteiger partial charge in [-0.15, -0.1) is 11.8 Å². The third-order valence-corrected chi connectivity index (χ3v) is 1.79. The van der Waals surface area contributed by atoms with Gasteiger partial charge in [0.05, 0.1) is 7.11 Å². The molecule has 1 rings (SSSR count). The molecule has 0 aliphatic carbocycles. The minimum absolute atomic E-state index is 0.0431. The third kappa shape index (κ3) is 3.39. The van der Waals surface area contributed by atoms with E-state index in [9.17, 15) is 4.79 Å². The number of aromatic nitrogens is 2. The topological polar surface area (TPSA) is 52.1 Å². The van der Waals surface area contributed by atoms with Crippen molar-refractivity contribution in [3.8, 4) is 17.7 Å². The lowest BCUT2D eigenvalue weighted by atomic mass is 10.1. The Morgan fingerprint density at radius 2 is 2.33 bits per heavy atom. The van der Waals surface area contributed by atoms with E-state index < -0.39 is 0 Å². The predicted octanol–water partition coefficient (Wildman–Crippen LogP) is 1.47. The SMILES string of the molecule is CC#CCCC(=O)c1cc(OC)ncn1. The van der Waals surface area contributed by atoms with Crippen molar-refractivity contribution in [2.75, 3.05) is 7.11 Å². The van der Waals surface area contributed by atoms with Crippen molar-refractivity contribution in [2.24, 2.45) is 0 Å². The standard InChI is InChI=1S/C11H12N2O2/c1-3-4-5-6-10(14)9-7-11(15-2)13-8-12-9/h7-8H,5-6H2,1-2H3. The van der Waals surface area contributed by atoms with E-state index >= 15 is 0 Å². The molecule has 0 radical (unpaired) electrons. The molecule has 4 nitrogen and oxygen atoms in total. The fourth-order valence-corrected chi connectivity index (χ4v) is 1.03. The Balaban J connectivity index is 2.67. The Kier molecular flexibility index (Phi) is 4.30. The summed E-state index contributed by atoms with van der Waals surface area (Å²) in [6.07, 6.45) is 2.25. The molecule has 0 N–H and O–H groups in total. The maximum Gasteiger partial charge on any atom is 0.216 e. The largest absolute Gasteiger partial charge is 0.481 e. The molecule has 4 heteroatoms. The lowest BCUT2D eigenvalue weighted by Gasteiger charge is -2.00. The van der Waals surface area contributed by atoms with Gasteiger partial charge in [-0.2, -0.15) is 0 Å². The first-order valence-electron chi connectivity index (χ1n) is 4.56. The van der Waals surface area contributed by atoms with Crippen molar-refractivity contribution in [3.63, 3.8) is 0 Å². The Morgan fingerprint density at radius 3 is 3.00 bits per heavy atom. The average molecular weight is 204 g/mol. The fourth-order valence-electron chi connectivity index (χ4n) is 1.03. The molecule has 0 aliphatic heterocycles. The van der Waals surface area contributed by atoms with E-state index in [1.807, 2.05) is 0 Å². The highest BCUT2D eigenvalue weighted by Gasteiger charge is 2.07. The van der Waals surface area contributed by atoms with E-state index in [0.717, 1.165) is 0 Å². The van der Waals surface area contributed by atoms with Crippen LogP contribution in [0.15, 0.2) is 12.4 Å². The van der Waals surface area contributed by atoms with Gasteiger partial charge in [0, 0.05) is 18.9 Å². The second-order valence-corrected chi connectivity index (χ2v) is 2.80. The number of ether oxygens (including phenoxy) is 1. The van der Waals surface area contributed by atoms with Gasteiger partial charge in [0.1, 0.15) is 12.0 Å². The zero-order valence-electron chi connectivity index (χ0n) is 8.78. The number of ketones is 1. The molecule has 1 aromatic rings. The predicted molar refractivity (Wildman–Crippen MR) is 55.6 cm³/mol. The number of rotatable bonds is 4. The van der Waals surface area contributed by atoms with Crippen LogP contribution in [0.1, 0.15) is 30.3 Å². The molecule has 15 heavy (non-hydrogen) atoms. The molecule has 0 bridgehead atoms. The van der Waals surface area contributed by atoms with Gasteiger partial charge >= 0.3 is 0 Å². The Hall–Kier alpha value is -1.89. The number of methoxy groups -OCH3 is 1. The molecule has 1 heterocycles. The molecular weight excluding hydrogens is 192 g/mol. The molecule has 1 aromatic heterocycles. The fraction of sp³-hybridized carbons (Fsp3) is 0.364. The van der Waals surface area contributed by atoms with Crippen LogP contribution >= 0.6 is 0 Å². The third-order valence-electron chi connectivity index (χ3n) is 1.79. The first-order valence-corrected chi connectivity index (χ1v) is 4.56. The first-order chi connectivity index (χ1) is 7.27. The molecule has 0 atom stereocenters. The summed E-state index contributed by atoms with van der Waals surface area (Å²) in [5, 5.41) is 0. The molecule has 0 aromatic carbocycles. The second-order valence-electron chi connectivity index (χ2n) is 2.80. The van der Waals surface area contributed by atoms with Gasteiger partial charge < -0.3 is 4.74 Å². The summed E-state index contributed by atoms with van der Waals surface area (Å²) in [5.74, 6) is 5.92. The van der Waals surface area contributed by atoms with E-state index in [0.29, 0.717) is 24.4 Å². The summed E-state index contributed by atoms with van der Waals surface area (Å²) in [7, 11) is 1.50. The zero-order chi connectivity index (χ0) is 11.1. The van der Waals surface area contributed by atoms with Crippen molar-refractivity contribution in [3.05, 3.63) is 18.1 Å². The normalized spacial score (nSPS) is 8.93. The van der Waals surface area contributed by atoms with Crippen LogP contribution in [0.2, 0.25) is 0 Å². The summed E-state index contributed by atoms with van der Waals surface area (Å²) < 4.78 is 4.90. The van der Waals surface area contributed by atoms with Crippen LogP contribution in [0.4, 0.5) is 0 Å². The van der Waals surface area contributed by atoms with Crippen LogP contribution in [-0.4, -0.2) is 22.9 Å². The molecule has 0 saturated carbocycles.